The van der Waals surface area contributed by atoms with E-state index in [1.54, 1.807) is 7.11 Å². The number of aliphatic hydroxyl groups is 1. The standard InChI is InChI=1S/C12H24O2/c1-11(2,14-4)7-8-12(3)6-5-10(13)9-12/h10,13H,5-9H2,1-4H3. The third-order valence-electron chi connectivity index (χ3n) is 3.69. The second-order valence-corrected chi connectivity index (χ2v) is 5.67. The summed E-state index contributed by atoms with van der Waals surface area (Å²) in [6, 6.07) is 0. The summed E-state index contributed by atoms with van der Waals surface area (Å²) in [7, 11) is 1.77. The molecule has 1 saturated carbocycles. The normalized spacial score (nSPS) is 33.6. The molecule has 14 heavy (non-hydrogen) atoms. The zero-order chi connectivity index (χ0) is 10.8. The molecular weight excluding hydrogens is 176 g/mol. The maximum absolute atomic E-state index is 9.52. The Bertz CT molecular complexity index is 189. The highest BCUT2D eigenvalue weighted by Crippen LogP contribution is 2.42. The van der Waals surface area contributed by atoms with Gasteiger partial charge in [-0.15, -0.1) is 0 Å². The van der Waals surface area contributed by atoms with Crippen molar-refractivity contribution in [3.63, 3.8) is 0 Å². The van der Waals surface area contributed by atoms with E-state index in [1.807, 2.05) is 0 Å². The molecule has 2 atom stereocenters. The zero-order valence-electron chi connectivity index (χ0n) is 9.97. The number of aliphatic hydroxyl groups excluding tert-OH is 1. The Balaban J connectivity index is 2.37. The van der Waals surface area contributed by atoms with Crippen molar-refractivity contribution in [2.75, 3.05) is 7.11 Å². The fourth-order valence-electron chi connectivity index (χ4n) is 2.22. The molecule has 0 heterocycles. The lowest BCUT2D eigenvalue weighted by atomic mass is 9.81. The van der Waals surface area contributed by atoms with Gasteiger partial charge in [0.05, 0.1) is 11.7 Å². The average molecular weight is 200 g/mol. The van der Waals surface area contributed by atoms with Gasteiger partial charge in [-0.1, -0.05) is 6.92 Å². The topological polar surface area (TPSA) is 29.5 Å². The largest absolute Gasteiger partial charge is 0.393 e. The molecule has 2 unspecified atom stereocenters. The van der Waals surface area contributed by atoms with Crippen molar-refractivity contribution in [1.29, 1.82) is 0 Å². The number of hydrogen-bond acceptors (Lipinski definition) is 2. The maximum atomic E-state index is 9.52. The van der Waals surface area contributed by atoms with Crippen molar-refractivity contribution in [3.05, 3.63) is 0 Å². The Morgan fingerprint density at radius 3 is 2.57 bits per heavy atom. The predicted octanol–water partition coefficient (Wildman–Crippen LogP) is 2.74. The molecule has 0 aliphatic heterocycles. The molecule has 1 aliphatic carbocycles. The Morgan fingerprint density at radius 1 is 1.50 bits per heavy atom. The minimum absolute atomic E-state index is 0.0173. The summed E-state index contributed by atoms with van der Waals surface area (Å²) in [6.45, 7) is 6.54. The summed E-state index contributed by atoms with van der Waals surface area (Å²) in [5.74, 6) is 0. The van der Waals surface area contributed by atoms with Gasteiger partial charge in [-0.2, -0.15) is 0 Å². The first-order valence-corrected chi connectivity index (χ1v) is 5.60. The first kappa shape index (κ1) is 12.0. The lowest BCUT2D eigenvalue weighted by Crippen LogP contribution is -2.26. The third kappa shape index (κ3) is 3.25. The molecule has 2 nitrogen and oxygen atoms in total. The van der Waals surface area contributed by atoms with Crippen LogP contribution in [0.5, 0.6) is 0 Å². The maximum Gasteiger partial charge on any atom is 0.0623 e. The molecule has 1 N–H and O–H groups in total. The monoisotopic (exact) mass is 200 g/mol. The summed E-state index contributed by atoms with van der Waals surface area (Å²) >= 11 is 0. The Labute approximate surface area is 87.7 Å². The van der Waals surface area contributed by atoms with Gasteiger partial charge in [-0.3, -0.25) is 0 Å². The molecule has 0 aromatic rings. The lowest BCUT2D eigenvalue weighted by Gasteiger charge is -2.30. The summed E-state index contributed by atoms with van der Waals surface area (Å²) in [5, 5.41) is 9.52. The SMILES string of the molecule is COC(C)(C)CCC1(C)CCC(O)C1. The first-order chi connectivity index (χ1) is 6.37. The number of hydrogen-bond donors (Lipinski definition) is 1. The summed E-state index contributed by atoms with van der Waals surface area (Å²) in [4.78, 5) is 0. The van der Waals surface area contributed by atoms with Gasteiger partial charge in [0.15, 0.2) is 0 Å². The van der Waals surface area contributed by atoms with Crippen LogP contribution in [0.25, 0.3) is 0 Å². The van der Waals surface area contributed by atoms with Crippen LogP contribution in [0.3, 0.4) is 0 Å². The Kier molecular flexibility index (Phi) is 3.59. The van der Waals surface area contributed by atoms with Gasteiger partial charge < -0.3 is 9.84 Å². The summed E-state index contributed by atoms with van der Waals surface area (Å²) in [5.41, 5.74) is 0.325. The molecule has 2 heteroatoms. The predicted molar refractivity (Wildman–Crippen MR) is 58.3 cm³/mol. The molecule has 0 aromatic heterocycles. The van der Waals surface area contributed by atoms with E-state index in [0.29, 0.717) is 5.41 Å². The van der Waals surface area contributed by atoms with Crippen molar-refractivity contribution in [2.24, 2.45) is 5.41 Å². The molecule has 0 radical (unpaired) electrons. The average Bonchev–Trinajstić information content (AvgIpc) is 2.45. The van der Waals surface area contributed by atoms with E-state index in [4.69, 9.17) is 4.74 Å². The van der Waals surface area contributed by atoms with Crippen LogP contribution in [0, 0.1) is 5.41 Å². The van der Waals surface area contributed by atoms with Crippen LogP contribution in [0.1, 0.15) is 52.9 Å². The highest BCUT2D eigenvalue weighted by molar-refractivity contribution is 4.87. The molecule has 0 bridgehead atoms. The minimum atomic E-state index is -0.0642. The first-order valence-electron chi connectivity index (χ1n) is 5.60. The van der Waals surface area contributed by atoms with Crippen LogP contribution in [0.15, 0.2) is 0 Å². The molecule has 0 saturated heterocycles. The van der Waals surface area contributed by atoms with Gasteiger partial charge in [0, 0.05) is 7.11 Å². The molecule has 1 aliphatic rings. The fourth-order valence-corrected chi connectivity index (χ4v) is 2.22. The molecule has 1 fully saturated rings. The smallest absolute Gasteiger partial charge is 0.0623 e. The molecule has 0 amide bonds. The molecular formula is C12H24O2. The van der Waals surface area contributed by atoms with Crippen molar-refractivity contribution < 1.29 is 9.84 Å². The van der Waals surface area contributed by atoms with E-state index in [0.717, 1.165) is 32.1 Å². The van der Waals surface area contributed by atoms with Crippen LogP contribution in [0.4, 0.5) is 0 Å². The second kappa shape index (κ2) is 4.19. The molecule has 1 rings (SSSR count). The Morgan fingerprint density at radius 2 is 2.14 bits per heavy atom. The van der Waals surface area contributed by atoms with Crippen LogP contribution in [-0.2, 0) is 4.74 Å². The lowest BCUT2D eigenvalue weighted by molar-refractivity contribution is 0.00406. The Hall–Kier alpha value is -0.0800. The van der Waals surface area contributed by atoms with Crippen molar-refractivity contribution in [2.45, 2.75) is 64.6 Å². The van der Waals surface area contributed by atoms with Crippen LogP contribution in [-0.4, -0.2) is 23.9 Å². The molecule has 84 valence electrons. The van der Waals surface area contributed by atoms with Gasteiger partial charge in [-0.05, 0) is 51.4 Å². The van der Waals surface area contributed by atoms with E-state index >= 15 is 0 Å². The number of methoxy groups -OCH3 is 1. The molecule has 0 aromatic carbocycles. The van der Waals surface area contributed by atoms with Crippen molar-refractivity contribution in [3.8, 4) is 0 Å². The van der Waals surface area contributed by atoms with E-state index in [-0.39, 0.29) is 11.7 Å². The van der Waals surface area contributed by atoms with Gasteiger partial charge in [-0.25, -0.2) is 0 Å². The van der Waals surface area contributed by atoms with Crippen molar-refractivity contribution in [1.82, 2.24) is 0 Å². The van der Waals surface area contributed by atoms with E-state index in [9.17, 15) is 5.11 Å². The summed E-state index contributed by atoms with van der Waals surface area (Å²) in [6.07, 6.45) is 5.27. The van der Waals surface area contributed by atoms with E-state index in [2.05, 4.69) is 20.8 Å². The van der Waals surface area contributed by atoms with Gasteiger partial charge in [0.25, 0.3) is 0 Å². The number of ether oxygens (including phenoxy) is 1. The van der Waals surface area contributed by atoms with Crippen LogP contribution in [0.2, 0.25) is 0 Å². The van der Waals surface area contributed by atoms with Gasteiger partial charge in [0.1, 0.15) is 0 Å². The highest BCUT2D eigenvalue weighted by Gasteiger charge is 2.35. The fraction of sp³-hybridized carbons (Fsp3) is 1.00. The number of rotatable bonds is 4. The zero-order valence-corrected chi connectivity index (χ0v) is 9.97. The van der Waals surface area contributed by atoms with Gasteiger partial charge >= 0.3 is 0 Å². The van der Waals surface area contributed by atoms with Crippen LogP contribution >= 0.6 is 0 Å². The molecule has 0 spiro atoms. The van der Waals surface area contributed by atoms with Crippen molar-refractivity contribution >= 4 is 0 Å². The third-order valence-corrected chi connectivity index (χ3v) is 3.69. The quantitative estimate of drug-likeness (QED) is 0.756. The van der Waals surface area contributed by atoms with Crippen LogP contribution < -0.4 is 0 Å². The van der Waals surface area contributed by atoms with Gasteiger partial charge in [0.2, 0.25) is 0 Å². The minimum Gasteiger partial charge on any atom is -0.393 e. The summed E-state index contributed by atoms with van der Waals surface area (Å²) < 4.78 is 5.41. The highest BCUT2D eigenvalue weighted by atomic mass is 16.5. The second-order valence-electron chi connectivity index (χ2n) is 5.67. The van der Waals surface area contributed by atoms with E-state index in [1.165, 1.54) is 0 Å². The van der Waals surface area contributed by atoms with E-state index < -0.39 is 0 Å².